The average Bonchev–Trinajstić information content (AvgIpc) is 2.27. The van der Waals surface area contributed by atoms with Gasteiger partial charge in [0.2, 0.25) is 5.91 Å². The van der Waals surface area contributed by atoms with Crippen LogP contribution in [0.15, 0.2) is 0 Å². The number of ether oxygens (including phenoxy) is 1. The minimum absolute atomic E-state index is 0.121. The third kappa shape index (κ3) is 8.68. The van der Waals surface area contributed by atoms with Gasteiger partial charge in [0, 0.05) is 26.7 Å². The van der Waals surface area contributed by atoms with Gasteiger partial charge in [0.1, 0.15) is 0 Å². The molecule has 16 heavy (non-hydrogen) atoms. The number of nitrogens with two attached hydrogens (primary N) is 1. The number of carbonyl (C=O) groups is 1. The van der Waals surface area contributed by atoms with Crippen molar-refractivity contribution >= 4 is 5.91 Å². The Hall–Kier alpha value is -0.610. The minimum Gasteiger partial charge on any atom is -0.385 e. The van der Waals surface area contributed by atoms with Crippen molar-refractivity contribution < 1.29 is 9.53 Å². The van der Waals surface area contributed by atoms with Crippen LogP contribution in [0.2, 0.25) is 0 Å². The first-order valence-corrected chi connectivity index (χ1v) is 6.20. The molecule has 0 fully saturated rings. The summed E-state index contributed by atoms with van der Waals surface area (Å²) in [6, 6.07) is 0. The Labute approximate surface area is 98.9 Å². The number of amides is 1. The Morgan fingerprint density at radius 2 is 2.19 bits per heavy atom. The summed E-state index contributed by atoms with van der Waals surface area (Å²) < 4.78 is 4.90. The zero-order chi connectivity index (χ0) is 12.2. The first-order chi connectivity index (χ1) is 7.74. The molecule has 0 aliphatic rings. The normalized spacial score (nSPS) is 12.4. The Morgan fingerprint density at radius 1 is 1.44 bits per heavy atom. The fourth-order valence-electron chi connectivity index (χ4n) is 1.72. The van der Waals surface area contributed by atoms with Crippen LogP contribution in [0.3, 0.4) is 0 Å². The lowest BCUT2D eigenvalue weighted by atomic mass is 10.00. The lowest BCUT2D eigenvalue weighted by Crippen LogP contribution is -2.30. The molecule has 0 aliphatic carbocycles. The van der Waals surface area contributed by atoms with Crippen LogP contribution in [0.5, 0.6) is 0 Å². The maximum absolute atomic E-state index is 11.4. The van der Waals surface area contributed by atoms with Gasteiger partial charge in [0.05, 0.1) is 0 Å². The summed E-state index contributed by atoms with van der Waals surface area (Å²) in [6.45, 7) is 4.26. The van der Waals surface area contributed by atoms with Crippen LogP contribution < -0.4 is 11.1 Å². The number of methoxy groups -OCH3 is 1. The molecule has 1 amide bonds. The van der Waals surface area contributed by atoms with Crippen molar-refractivity contribution in [1.82, 2.24) is 5.32 Å². The Balaban J connectivity index is 3.60. The first-order valence-electron chi connectivity index (χ1n) is 6.20. The number of hydrogen-bond donors (Lipinski definition) is 2. The lowest BCUT2D eigenvalue weighted by Gasteiger charge is -2.15. The van der Waals surface area contributed by atoms with E-state index in [0.717, 1.165) is 32.2 Å². The molecule has 96 valence electrons. The monoisotopic (exact) mass is 230 g/mol. The maximum atomic E-state index is 11.4. The van der Waals surface area contributed by atoms with Crippen LogP contribution in [0.1, 0.15) is 39.0 Å². The quantitative estimate of drug-likeness (QED) is 0.556. The van der Waals surface area contributed by atoms with E-state index in [1.807, 2.05) is 0 Å². The fourth-order valence-corrected chi connectivity index (χ4v) is 1.72. The molecule has 0 rings (SSSR count). The zero-order valence-electron chi connectivity index (χ0n) is 10.6. The second-order valence-electron chi connectivity index (χ2n) is 4.13. The molecule has 0 heterocycles. The first kappa shape index (κ1) is 15.4. The molecule has 0 aliphatic heterocycles. The van der Waals surface area contributed by atoms with Crippen LogP contribution >= 0.6 is 0 Å². The van der Waals surface area contributed by atoms with Crippen LogP contribution in [0.4, 0.5) is 0 Å². The highest BCUT2D eigenvalue weighted by Crippen LogP contribution is 2.08. The van der Waals surface area contributed by atoms with E-state index in [1.165, 1.54) is 0 Å². The van der Waals surface area contributed by atoms with E-state index in [9.17, 15) is 4.79 Å². The number of hydrogen-bond acceptors (Lipinski definition) is 3. The van der Waals surface area contributed by atoms with E-state index < -0.39 is 0 Å². The Morgan fingerprint density at radius 3 is 2.75 bits per heavy atom. The largest absolute Gasteiger partial charge is 0.385 e. The van der Waals surface area contributed by atoms with Gasteiger partial charge in [0.15, 0.2) is 0 Å². The molecule has 0 spiro atoms. The Kier molecular flexibility index (Phi) is 10.5. The molecule has 1 atom stereocenters. The second-order valence-corrected chi connectivity index (χ2v) is 4.13. The molecular formula is C12H26N2O2. The summed E-state index contributed by atoms with van der Waals surface area (Å²) in [7, 11) is 1.65. The predicted octanol–water partition coefficient (Wildman–Crippen LogP) is 1.29. The van der Waals surface area contributed by atoms with Gasteiger partial charge in [-0.3, -0.25) is 4.79 Å². The van der Waals surface area contributed by atoms with E-state index in [2.05, 4.69) is 12.2 Å². The van der Waals surface area contributed by atoms with Crippen molar-refractivity contribution in [2.24, 2.45) is 11.7 Å². The van der Waals surface area contributed by atoms with Crippen molar-refractivity contribution in [2.45, 2.75) is 39.0 Å². The highest BCUT2D eigenvalue weighted by atomic mass is 16.5. The van der Waals surface area contributed by atoms with E-state index in [1.54, 1.807) is 7.11 Å². The molecule has 4 nitrogen and oxygen atoms in total. The summed E-state index contributed by atoms with van der Waals surface area (Å²) in [5.41, 5.74) is 5.54. The average molecular weight is 230 g/mol. The third-order valence-corrected chi connectivity index (χ3v) is 2.61. The summed E-state index contributed by atoms with van der Waals surface area (Å²) in [6.07, 6.45) is 4.61. The number of carbonyl (C=O) groups excluding carboxylic acids is 1. The molecular weight excluding hydrogens is 204 g/mol. The molecule has 0 bridgehead atoms. The number of rotatable bonds is 10. The maximum Gasteiger partial charge on any atom is 0.220 e. The molecule has 0 radical (unpaired) electrons. The van der Waals surface area contributed by atoms with Gasteiger partial charge in [-0.05, 0) is 31.7 Å². The standard InChI is InChI=1S/C12H26N2O2/c1-3-5-11(7-8-13)10-14-12(15)6-4-9-16-2/h11H,3-10,13H2,1-2H3,(H,14,15). The van der Waals surface area contributed by atoms with Crippen molar-refractivity contribution in [2.75, 3.05) is 26.8 Å². The number of nitrogens with one attached hydrogen (secondary N) is 1. The van der Waals surface area contributed by atoms with E-state index >= 15 is 0 Å². The van der Waals surface area contributed by atoms with Gasteiger partial charge in [-0.25, -0.2) is 0 Å². The van der Waals surface area contributed by atoms with E-state index in [-0.39, 0.29) is 5.91 Å². The zero-order valence-corrected chi connectivity index (χ0v) is 10.6. The molecule has 1 unspecified atom stereocenters. The summed E-state index contributed by atoms with van der Waals surface area (Å²) in [5, 5.41) is 2.96. The predicted molar refractivity (Wildman–Crippen MR) is 66.2 cm³/mol. The van der Waals surface area contributed by atoms with E-state index in [0.29, 0.717) is 25.5 Å². The van der Waals surface area contributed by atoms with Crippen molar-refractivity contribution in [3.63, 3.8) is 0 Å². The molecule has 0 saturated heterocycles. The van der Waals surface area contributed by atoms with Crippen molar-refractivity contribution in [3.05, 3.63) is 0 Å². The fraction of sp³-hybridized carbons (Fsp3) is 0.917. The van der Waals surface area contributed by atoms with Gasteiger partial charge in [0.25, 0.3) is 0 Å². The lowest BCUT2D eigenvalue weighted by molar-refractivity contribution is -0.121. The van der Waals surface area contributed by atoms with Gasteiger partial charge in [-0.15, -0.1) is 0 Å². The van der Waals surface area contributed by atoms with Crippen LogP contribution in [0.25, 0.3) is 0 Å². The topological polar surface area (TPSA) is 64.3 Å². The molecule has 3 N–H and O–H groups in total. The van der Waals surface area contributed by atoms with Gasteiger partial charge >= 0.3 is 0 Å². The third-order valence-electron chi connectivity index (χ3n) is 2.61. The van der Waals surface area contributed by atoms with Crippen molar-refractivity contribution in [3.8, 4) is 0 Å². The summed E-state index contributed by atoms with van der Waals surface area (Å²) in [4.78, 5) is 11.4. The summed E-state index contributed by atoms with van der Waals surface area (Å²) >= 11 is 0. The highest BCUT2D eigenvalue weighted by Gasteiger charge is 2.08. The molecule has 0 aromatic rings. The molecule has 0 saturated carbocycles. The molecule has 0 aromatic carbocycles. The second kappa shape index (κ2) is 10.9. The van der Waals surface area contributed by atoms with Gasteiger partial charge in [-0.1, -0.05) is 13.3 Å². The highest BCUT2D eigenvalue weighted by molar-refractivity contribution is 5.75. The molecule has 4 heteroatoms. The molecule has 0 aromatic heterocycles. The van der Waals surface area contributed by atoms with Gasteiger partial charge < -0.3 is 15.8 Å². The SMILES string of the molecule is CCCC(CCN)CNC(=O)CCCOC. The minimum atomic E-state index is 0.121. The van der Waals surface area contributed by atoms with Crippen LogP contribution in [-0.4, -0.2) is 32.7 Å². The smallest absolute Gasteiger partial charge is 0.220 e. The summed E-state index contributed by atoms with van der Waals surface area (Å²) in [5.74, 6) is 0.650. The van der Waals surface area contributed by atoms with Crippen molar-refractivity contribution in [1.29, 1.82) is 0 Å². The van der Waals surface area contributed by atoms with E-state index in [4.69, 9.17) is 10.5 Å². The van der Waals surface area contributed by atoms with Crippen LogP contribution in [0, 0.1) is 5.92 Å². The van der Waals surface area contributed by atoms with Crippen LogP contribution in [-0.2, 0) is 9.53 Å². The van der Waals surface area contributed by atoms with Gasteiger partial charge in [-0.2, -0.15) is 0 Å². The Bertz CT molecular complexity index is 168.